The van der Waals surface area contributed by atoms with E-state index in [4.69, 9.17) is 0 Å². The van der Waals surface area contributed by atoms with Gasteiger partial charge >= 0.3 is 5.97 Å². The van der Waals surface area contributed by atoms with E-state index in [2.05, 4.69) is 10.1 Å². The van der Waals surface area contributed by atoms with E-state index in [1.165, 1.54) is 12.0 Å². The first-order valence-electron chi connectivity index (χ1n) is 6.68. The number of nitrogens with zero attached hydrogens (tertiary/aromatic N) is 1. The molecule has 6 heteroatoms. The number of methoxy groups -OCH3 is 1. The minimum atomic E-state index is -0.391. The van der Waals surface area contributed by atoms with Crippen LogP contribution in [0.2, 0.25) is 0 Å². The number of esters is 1. The van der Waals surface area contributed by atoms with Crippen molar-refractivity contribution in [2.45, 2.75) is 13.3 Å². The molecule has 2 rings (SSSR count). The fourth-order valence-corrected chi connectivity index (χ4v) is 2.34. The molecule has 0 aliphatic carbocycles. The van der Waals surface area contributed by atoms with E-state index in [1.807, 2.05) is 0 Å². The summed E-state index contributed by atoms with van der Waals surface area (Å²) in [4.78, 5) is 36.5. The first-order chi connectivity index (χ1) is 9.92. The Morgan fingerprint density at radius 1 is 1.43 bits per heavy atom. The number of carbonyl (C=O) groups excluding carboxylic acids is 3. The highest BCUT2D eigenvalue weighted by molar-refractivity contribution is 6.02. The first-order valence-corrected chi connectivity index (χ1v) is 6.68. The van der Waals surface area contributed by atoms with Gasteiger partial charge in [0.2, 0.25) is 5.91 Å². The second-order valence-electron chi connectivity index (χ2n) is 5.21. The van der Waals surface area contributed by atoms with Crippen molar-refractivity contribution < 1.29 is 19.1 Å². The standard InChI is InChI=1S/C15H18N2O4/c1-9(15(20)21-3)8-17(2)14(19)11-5-4-10-7-13(18)16-12(10)6-11/h4-6,9H,7-8H2,1-3H3,(H,16,18). The first kappa shape index (κ1) is 15.0. The SMILES string of the molecule is COC(=O)C(C)CN(C)C(=O)c1ccc2c(c1)NC(=O)C2. The Balaban J connectivity index is 2.08. The molecular weight excluding hydrogens is 272 g/mol. The summed E-state index contributed by atoms with van der Waals surface area (Å²) in [6, 6.07) is 5.14. The van der Waals surface area contributed by atoms with Gasteiger partial charge in [0.05, 0.1) is 19.4 Å². The Labute approximate surface area is 123 Å². The number of carbonyl (C=O) groups is 3. The van der Waals surface area contributed by atoms with Crippen molar-refractivity contribution in [1.29, 1.82) is 0 Å². The molecule has 1 atom stereocenters. The highest BCUT2D eigenvalue weighted by Gasteiger charge is 2.22. The molecule has 0 saturated heterocycles. The number of nitrogens with one attached hydrogen (secondary N) is 1. The molecule has 6 nitrogen and oxygen atoms in total. The molecule has 0 radical (unpaired) electrons. The fourth-order valence-electron chi connectivity index (χ4n) is 2.34. The molecule has 0 aromatic heterocycles. The van der Waals surface area contributed by atoms with Gasteiger partial charge in [-0.2, -0.15) is 0 Å². The lowest BCUT2D eigenvalue weighted by Gasteiger charge is -2.20. The molecular formula is C15H18N2O4. The largest absolute Gasteiger partial charge is 0.469 e. The lowest BCUT2D eigenvalue weighted by molar-refractivity contribution is -0.145. The maximum atomic E-state index is 12.3. The van der Waals surface area contributed by atoms with Gasteiger partial charge in [0, 0.05) is 24.8 Å². The summed E-state index contributed by atoms with van der Waals surface area (Å²) in [6.45, 7) is 1.98. The monoisotopic (exact) mass is 290 g/mol. The predicted molar refractivity (Wildman–Crippen MR) is 76.9 cm³/mol. The van der Waals surface area contributed by atoms with Gasteiger partial charge in [-0.1, -0.05) is 13.0 Å². The zero-order chi connectivity index (χ0) is 15.6. The van der Waals surface area contributed by atoms with Crippen LogP contribution < -0.4 is 5.32 Å². The molecule has 1 aliphatic rings. The van der Waals surface area contributed by atoms with E-state index in [1.54, 1.807) is 32.2 Å². The van der Waals surface area contributed by atoms with Gasteiger partial charge in [-0.05, 0) is 17.7 Å². The van der Waals surface area contributed by atoms with Gasteiger partial charge in [0.1, 0.15) is 0 Å². The minimum Gasteiger partial charge on any atom is -0.469 e. The number of ether oxygens (including phenoxy) is 1. The van der Waals surface area contributed by atoms with E-state index in [9.17, 15) is 14.4 Å². The van der Waals surface area contributed by atoms with Crippen molar-refractivity contribution in [2.75, 3.05) is 26.0 Å². The van der Waals surface area contributed by atoms with Crippen LogP contribution >= 0.6 is 0 Å². The van der Waals surface area contributed by atoms with Crippen LogP contribution in [0.3, 0.4) is 0 Å². The van der Waals surface area contributed by atoms with Crippen LogP contribution in [0.5, 0.6) is 0 Å². The molecule has 1 aromatic rings. The number of rotatable bonds is 4. The van der Waals surface area contributed by atoms with Crippen LogP contribution in [0.15, 0.2) is 18.2 Å². The summed E-state index contributed by atoms with van der Waals surface area (Å²) in [5.74, 6) is -1.01. The lowest BCUT2D eigenvalue weighted by Crippen LogP contribution is -2.34. The van der Waals surface area contributed by atoms with E-state index in [0.717, 1.165) is 5.56 Å². The zero-order valence-electron chi connectivity index (χ0n) is 12.3. The number of hydrogen-bond donors (Lipinski definition) is 1. The van der Waals surface area contributed by atoms with Gasteiger partial charge in [0.25, 0.3) is 5.91 Å². The summed E-state index contributed by atoms with van der Waals surface area (Å²) in [5, 5.41) is 2.72. The maximum Gasteiger partial charge on any atom is 0.310 e. The van der Waals surface area contributed by atoms with Crippen LogP contribution in [-0.2, 0) is 20.7 Å². The Kier molecular flexibility index (Phi) is 4.26. The summed E-state index contributed by atoms with van der Waals surface area (Å²) < 4.78 is 4.65. The molecule has 112 valence electrons. The average molecular weight is 290 g/mol. The highest BCUT2D eigenvalue weighted by atomic mass is 16.5. The van der Waals surface area contributed by atoms with Crippen molar-refractivity contribution in [1.82, 2.24) is 4.90 Å². The average Bonchev–Trinajstić information content (AvgIpc) is 2.84. The van der Waals surface area contributed by atoms with Crippen LogP contribution in [-0.4, -0.2) is 43.4 Å². The Hall–Kier alpha value is -2.37. The van der Waals surface area contributed by atoms with Crippen molar-refractivity contribution in [3.63, 3.8) is 0 Å². The third-order valence-electron chi connectivity index (χ3n) is 3.48. The molecule has 21 heavy (non-hydrogen) atoms. The predicted octanol–water partition coefficient (Wildman–Crippen LogP) is 1.06. The van der Waals surface area contributed by atoms with E-state index >= 15 is 0 Å². The normalized spacial score (nSPS) is 14.1. The molecule has 0 bridgehead atoms. The summed E-state index contributed by atoms with van der Waals surface area (Å²) >= 11 is 0. The van der Waals surface area contributed by atoms with Crippen LogP contribution in [0.1, 0.15) is 22.8 Å². The zero-order valence-corrected chi connectivity index (χ0v) is 12.3. The second kappa shape index (κ2) is 5.95. The van der Waals surface area contributed by atoms with Crippen molar-refractivity contribution in [3.8, 4) is 0 Å². The van der Waals surface area contributed by atoms with E-state index in [0.29, 0.717) is 17.7 Å². The summed E-state index contributed by atoms with van der Waals surface area (Å²) in [6.07, 6.45) is 0.346. The Bertz CT molecular complexity index is 597. The molecule has 0 spiro atoms. The molecule has 1 unspecified atom stereocenters. The van der Waals surface area contributed by atoms with Gasteiger partial charge < -0.3 is 15.0 Å². The van der Waals surface area contributed by atoms with Crippen molar-refractivity contribution in [3.05, 3.63) is 29.3 Å². The van der Waals surface area contributed by atoms with Gasteiger partial charge in [0.15, 0.2) is 0 Å². The van der Waals surface area contributed by atoms with Crippen molar-refractivity contribution in [2.24, 2.45) is 5.92 Å². The fraction of sp³-hybridized carbons (Fsp3) is 0.400. The number of fused-ring (bicyclic) bond motifs is 1. The quantitative estimate of drug-likeness (QED) is 0.841. The smallest absolute Gasteiger partial charge is 0.310 e. The van der Waals surface area contributed by atoms with Gasteiger partial charge in [-0.3, -0.25) is 14.4 Å². The van der Waals surface area contributed by atoms with Crippen LogP contribution in [0.25, 0.3) is 0 Å². The molecule has 1 heterocycles. The highest BCUT2D eigenvalue weighted by Crippen LogP contribution is 2.24. The third-order valence-corrected chi connectivity index (χ3v) is 3.48. The molecule has 0 saturated carbocycles. The second-order valence-corrected chi connectivity index (χ2v) is 5.21. The number of anilines is 1. The van der Waals surface area contributed by atoms with E-state index in [-0.39, 0.29) is 24.3 Å². The van der Waals surface area contributed by atoms with E-state index < -0.39 is 5.92 Å². The van der Waals surface area contributed by atoms with Gasteiger partial charge in [-0.25, -0.2) is 0 Å². The molecule has 1 aromatic carbocycles. The Morgan fingerprint density at radius 3 is 2.81 bits per heavy atom. The molecule has 0 fully saturated rings. The molecule has 1 N–H and O–H groups in total. The maximum absolute atomic E-state index is 12.3. The molecule has 2 amide bonds. The number of benzene rings is 1. The number of hydrogen-bond acceptors (Lipinski definition) is 4. The topological polar surface area (TPSA) is 75.7 Å². The number of amides is 2. The minimum absolute atomic E-state index is 0.0673. The van der Waals surface area contributed by atoms with Crippen LogP contribution in [0.4, 0.5) is 5.69 Å². The third kappa shape index (κ3) is 3.21. The summed E-state index contributed by atoms with van der Waals surface area (Å²) in [5.41, 5.74) is 2.05. The summed E-state index contributed by atoms with van der Waals surface area (Å²) in [7, 11) is 2.96. The Morgan fingerprint density at radius 2 is 2.14 bits per heavy atom. The van der Waals surface area contributed by atoms with Crippen LogP contribution in [0, 0.1) is 5.92 Å². The van der Waals surface area contributed by atoms with Crippen molar-refractivity contribution >= 4 is 23.5 Å². The van der Waals surface area contributed by atoms with Gasteiger partial charge in [-0.15, -0.1) is 0 Å². The molecule has 1 aliphatic heterocycles. The lowest BCUT2D eigenvalue weighted by atomic mass is 10.1.